The molecule has 0 bridgehead atoms. The zero-order chi connectivity index (χ0) is 37.6. The summed E-state index contributed by atoms with van der Waals surface area (Å²) in [7, 11) is 0. The highest BCUT2D eigenvalue weighted by molar-refractivity contribution is 5.92. The smallest absolute Gasteiger partial charge is 0.0714 e. The van der Waals surface area contributed by atoms with Crippen molar-refractivity contribution in [1.82, 2.24) is 0 Å². The lowest BCUT2D eigenvalue weighted by Gasteiger charge is -2.37. The number of rotatable bonds is 5. The summed E-state index contributed by atoms with van der Waals surface area (Å²) in [6, 6.07) is 61.7. The molecule has 0 spiro atoms. The number of fused-ring (bicyclic) bond motifs is 9. The Morgan fingerprint density at radius 1 is 0.500 bits per heavy atom. The summed E-state index contributed by atoms with van der Waals surface area (Å²) in [6.45, 7) is 7.14. The summed E-state index contributed by atoms with van der Waals surface area (Å²) < 4.78 is 0. The van der Waals surface area contributed by atoms with Gasteiger partial charge in [-0.2, -0.15) is 0 Å². The monoisotopic (exact) mass is 717 g/mol. The summed E-state index contributed by atoms with van der Waals surface area (Å²) in [4.78, 5) is 2.57. The van der Waals surface area contributed by atoms with Crippen LogP contribution in [0.5, 0.6) is 0 Å². The normalized spacial score (nSPS) is 18.5. The molecule has 4 aliphatic rings. The van der Waals surface area contributed by atoms with Gasteiger partial charge in [0.2, 0.25) is 0 Å². The Bertz CT molecular complexity index is 2760. The molecular formula is C55H43N. The minimum absolute atomic E-state index is 0.125. The fraction of sp³-hybridized carbons (Fsp3) is 0.127. The van der Waals surface area contributed by atoms with Crippen molar-refractivity contribution in [1.29, 1.82) is 0 Å². The highest BCUT2D eigenvalue weighted by Gasteiger charge is 2.46. The molecule has 11 rings (SSSR count). The van der Waals surface area contributed by atoms with Gasteiger partial charge in [0.05, 0.1) is 11.1 Å². The number of benzene rings is 7. The molecule has 7 aromatic carbocycles. The average molecular weight is 718 g/mol. The van der Waals surface area contributed by atoms with Crippen LogP contribution in [0.15, 0.2) is 194 Å². The van der Waals surface area contributed by atoms with Crippen LogP contribution >= 0.6 is 0 Å². The molecule has 2 unspecified atom stereocenters. The first-order chi connectivity index (χ1) is 27.5. The van der Waals surface area contributed by atoms with Crippen LogP contribution in [0.4, 0.5) is 17.1 Å². The summed E-state index contributed by atoms with van der Waals surface area (Å²) >= 11 is 0. The van der Waals surface area contributed by atoms with Crippen molar-refractivity contribution >= 4 is 23.1 Å². The predicted molar refractivity (Wildman–Crippen MR) is 234 cm³/mol. The van der Waals surface area contributed by atoms with Crippen LogP contribution < -0.4 is 4.90 Å². The Kier molecular flexibility index (Phi) is 7.23. The molecule has 0 fully saturated rings. The van der Waals surface area contributed by atoms with Crippen molar-refractivity contribution in [3.8, 4) is 22.3 Å². The third kappa shape index (κ3) is 4.55. The van der Waals surface area contributed by atoms with E-state index < -0.39 is 5.41 Å². The molecule has 0 amide bonds. The number of nitrogens with zero attached hydrogens (tertiary/aromatic N) is 1. The summed E-state index contributed by atoms with van der Waals surface area (Å²) in [5.41, 5.74) is 20.2. The Morgan fingerprint density at radius 3 is 1.77 bits per heavy atom. The van der Waals surface area contributed by atoms with Gasteiger partial charge in [0.25, 0.3) is 0 Å². The van der Waals surface area contributed by atoms with Gasteiger partial charge in [0.1, 0.15) is 0 Å². The molecular weight excluding hydrogens is 675 g/mol. The molecule has 7 aromatic rings. The molecule has 0 heterocycles. The Labute approximate surface area is 330 Å². The highest BCUT2D eigenvalue weighted by atomic mass is 15.1. The van der Waals surface area contributed by atoms with Crippen molar-refractivity contribution in [2.45, 2.75) is 37.5 Å². The van der Waals surface area contributed by atoms with Crippen molar-refractivity contribution in [3.63, 3.8) is 0 Å². The van der Waals surface area contributed by atoms with Gasteiger partial charge in [-0.25, -0.2) is 0 Å². The lowest BCUT2D eigenvalue weighted by molar-refractivity contribution is 0.613. The quantitative estimate of drug-likeness (QED) is 0.171. The number of allylic oxidation sites excluding steroid dienone is 5. The lowest BCUT2D eigenvalue weighted by Crippen LogP contribution is -2.28. The second-order valence-electron chi connectivity index (χ2n) is 16.5. The van der Waals surface area contributed by atoms with Gasteiger partial charge in [-0.1, -0.05) is 185 Å². The van der Waals surface area contributed by atoms with Crippen molar-refractivity contribution in [2.24, 2.45) is 5.92 Å². The second-order valence-corrected chi connectivity index (χ2v) is 16.5. The Balaban J connectivity index is 1.20. The zero-order valence-corrected chi connectivity index (χ0v) is 32.1. The van der Waals surface area contributed by atoms with E-state index in [0.29, 0.717) is 5.92 Å². The average Bonchev–Trinajstić information content (AvgIpc) is 3.67. The lowest BCUT2D eigenvalue weighted by atomic mass is 9.67. The van der Waals surface area contributed by atoms with Gasteiger partial charge in [-0.3, -0.25) is 0 Å². The second kappa shape index (κ2) is 12.3. The highest BCUT2D eigenvalue weighted by Crippen LogP contribution is 2.58. The first kappa shape index (κ1) is 32.9. The van der Waals surface area contributed by atoms with Gasteiger partial charge in [0, 0.05) is 22.7 Å². The number of anilines is 3. The minimum atomic E-state index is -0.491. The topological polar surface area (TPSA) is 3.24 Å². The summed E-state index contributed by atoms with van der Waals surface area (Å²) in [6.07, 6.45) is 11.6. The third-order valence-corrected chi connectivity index (χ3v) is 13.2. The largest absolute Gasteiger partial charge is 0.310 e. The molecule has 4 aliphatic carbocycles. The van der Waals surface area contributed by atoms with Crippen LogP contribution in [0.1, 0.15) is 71.2 Å². The molecule has 0 N–H and O–H groups in total. The summed E-state index contributed by atoms with van der Waals surface area (Å²) in [5, 5.41) is 0. The maximum atomic E-state index is 2.57. The van der Waals surface area contributed by atoms with Crippen LogP contribution in [0.3, 0.4) is 0 Å². The van der Waals surface area contributed by atoms with Gasteiger partial charge >= 0.3 is 0 Å². The van der Waals surface area contributed by atoms with Gasteiger partial charge in [-0.15, -0.1) is 0 Å². The Morgan fingerprint density at radius 2 is 1.07 bits per heavy atom. The first-order valence-electron chi connectivity index (χ1n) is 20.1. The van der Waals surface area contributed by atoms with Gasteiger partial charge in [0.15, 0.2) is 0 Å². The maximum Gasteiger partial charge on any atom is 0.0714 e. The van der Waals surface area contributed by atoms with Crippen LogP contribution in [0, 0.1) is 5.92 Å². The molecule has 2 atom stereocenters. The standard InChI is InChI=1S/C55H43N/c1-36-16-14-17-37-28-29-38-18-15-27-51(53(38)52(36)37)56(41-30-32-45-43-23-10-12-25-47(43)54(2,3)49(45)34-41)42-31-33-46-44-24-11-13-26-48(44)55(50(46)35-42,39-19-6-4-7-20-39)40-21-8-5-9-22-40/h4-36,52H,1-3H3. The van der Waals surface area contributed by atoms with E-state index in [2.05, 4.69) is 220 Å². The van der Waals surface area contributed by atoms with Gasteiger partial charge < -0.3 is 4.90 Å². The third-order valence-electron chi connectivity index (χ3n) is 13.2. The molecule has 0 saturated carbocycles. The molecule has 0 aliphatic heterocycles. The molecule has 0 saturated heterocycles. The first-order valence-corrected chi connectivity index (χ1v) is 20.1. The molecule has 1 nitrogen and oxygen atoms in total. The van der Waals surface area contributed by atoms with Crippen LogP contribution in [-0.2, 0) is 10.8 Å². The fourth-order valence-electron chi connectivity index (χ4n) is 10.7. The molecule has 0 aromatic heterocycles. The van der Waals surface area contributed by atoms with E-state index in [0.717, 1.165) is 5.69 Å². The predicted octanol–water partition coefficient (Wildman–Crippen LogP) is 14.1. The van der Waals surface area contributed by atoms with E-state index in [9.17, 15) is 0 Å². The molecule has 0 radical (unpaired) electrons. The SMILES string of the molecule is CC1C=CC=C2C=Cc3cccc(N(c4ccc5c(c4)C(C)(C)c4ccccc4-5)c4ccc5c(c4)C(c4ccccc4)(c4ccccc4)c4ccccc4-5)c3C21. The van der Waals surface area contributed by atoms with Crippen LogP contribution in [-0.4, -0.2) is 0 Å². The van der Waals surface area contributed by atoms with E-state index in [4.69, 9.17) is 0 Å². The van der Waals surface area contributed by atoms with E-state index in [1.807, 2.05) is 0 Å². The maximum absolute atomic E-state index is 2.57. The van der Waals surface area contributed by atoms with Crippen LogP contribution in [0.25, 0.3) is 28.3 Å². The van der Waals surface area contributed by atoms with Crippen molar-refractivity contribution < 1.29 is 0 Å². The summed E-state index contributed by atoms with van der Waals surface area (Å²) in [5.74, 6) is 0.633. The van der Waals surface area contributed by atoms with Crippen LogP contribution in [0.2, 0.25) is 0 Å². The molecule has 56 heavy (non-hydrogen) atoms. The van der Waals surface area contributed by atoms with E-state index >= 15 is 0 Å². The number of hydrogen-bond donors (Lipinski definition) is 0. The number of hydrogen-bond acceptors (Lipinski definition) is 1. The van der Waals surface area contributed by atoms with Crippen molar-refractivity contribution in [2.75, 3.05) is 4.90 Å². The van der Waals surface area contributed by atoms with E-state index in [1.54, 1.807) is 0 Å². The van der Waals surface area contributed by atoms with E-state index in [1.165, 1.54) is 83.7 Å². The zero-order valence-electron chi connectivity index (χ0n) is 32.1. The Hall–Kier alpha value is -6.44. The minimum Gasteiger partial charge on any atom is -0.310 e. The van der Waals surface area contributed by atoms with E-state index in [-0.39, 0.29) is 11.3 Å². The molecule has 1 heteroatoms. The van der Waals surface area contributed by atoms with Crippen molar-refractivity contribution in [3.05, 3.63) is 238 Å². The van der Waals surface area contributed by atoms with Gasteiger partial charge in [-0.05, 0) is 109 Å². The fourth-order valence-corrected chi connectivity index (χ4v) is 10.7. The molecule has 268 valence electrons.